The lowest BCUT2D eigenvalue weighted by Crippen LogP contribution is -2.45. The summed E-state index contributed by atoms with van der Waals surface area (Å²) in [6.45, 7) is -1.82. The van der Waals surface area contributed by atoms with E-state index < -0.39 is 57.3 Å². The molecule has 212 valence electrons. The van der Waals surface area contributed by atoms with Gasteiger partial charge in [-0.15, -0.1) is 0 Å². The molecule has 0 amide bonds. The quantitative estimate of drug-likeness (QED) is 0.153. The Hall–Kier alpha value is -1.45. The van der Waals surface area contributed by atoms with E-state index in [9.17, 15) is 29.7 Å². The van der Waals surface area contributed by atoms with Crippen LogP contribution in [-0.4, -0.2) is 101 Å². The fraction of sp³-hybridized carbons (Fsp3) is 0.773. The zero-order chi connectivity index (χ0) is 27.1. The molecule has 2 saturated carbocycles. The van der Waals surface area contributed by atoms with Gasteiger partial charge in [-0.1, -0.05) is 12.8 Å². The Morgan fingerprint density at radius 2 is 1.89 bits per heavy atom. The van der Waals surface area contributed by atoms with E-state index in [1.807, 2.05) is 0 Å². The van der Waals surface area contributed by atoms with Crippen molar-refractivity contribution in [2.24, 2.45) is 5.92 Å². The largest absolute Gasteiger partial charge is 0.393 e. The molecule has 5 atom stereocenters. The summed E-state index contributed by atoms with van der Waals surface area (Å²) in [6.07, 6.45) is 2.33. The SMILES string of the molecule is O=P(O)(O)C(CO)(COCC1CC1)OC[C@@H]1O[C@H](n2ncc3c(NC4CCCC4)nc(Cl)nc32)[C@@H](O)[C@H]1O. The molecular formula is C22H33ClN5O9P. The summed E-state index contributed by atoms with van der Waals surface area (Å²) in [5.41, 5.74) is 0.275. The monoisotopic (exact) mass is 577 g/mol. The molecule has 0 aromatic carbocycles. The molecule has 2 aromatic heterocycles. The van der Waals surface area contributed by atoms with Crippen LogP contribution in [0.3, 0.4) is 0 Å². The molecule has 6 N–H and O–H groups in total. The maximum absolute atomic E-state index is 12.2. The third-order valence-corrected chi connectivity index (χ3v) is 9.00. The first-order valence-corrected chi connectivity index (χ1v) is 14.7. The van der Waals surface area contributed by atoms with Gasteiger partial charge in [0, 0.05) is 12.6 Å². The summed E-state index contributed by atoms with van der Waals surface area (Å²) in [5.74, 6) is 0.834. The highest BCUT2D eigenvalue weighted by Gasteiger charge is 2.51. The predicted molar refractivity (Wildman–Crippen MR) is 133 cm³/mol. The number of aliphatic hydroxyl groups excluding tert-OH is 3. The maximum Gasteiger partial charge on any atom is 0.361 e. The maximum atomic E-state index is 12.2. The molecule has 1 aliphatic heterocycles. The van der Waals surface area contributed by atoms with Crippen LogP contribution < -0.4 is 5.32 Å². The van der Waals surface area contributed by atoms with Crippen molar-refractivity contribution in [2.45, 2.75) is 74.4 Å². The van der Waals surface area contributed by atoms with E-state index in [1.54, 1.807) is 0 Å². The van der Waals surface area contributed by atoms with Gasteiger partial charge in [-0.3, -0.25) is 4.57 Å². The van der Waals surface area contributed by atoms with Gasteiger partial charge in [0.25, 0.3) is 0 Å². The molecule has 1 saturated heterocycles. The standard InChI is InChI=1S/C22H33ClN5O9P/c23-21-26-18(25-13-3-1-2-4-13)14-7-24-28(19(14)27-21)20-17(31)16(30)15(37-20)9-36-22(10-29,38(32,33)34)11-35-8-12-5-6-12/h7,12-13,15-17,20,29-31H,1-6,8-11H2,(H,25,26,27)(H2,32,33,34)/t15-,16-,17-,20-,22?/m0/s1. The summed E-state index contributed by atoms with van der Waals surface area (Å²) in [5, 5.41) is 37.2. The van der Waals surface area contributed by atoms with Gasteiger partial charge in [-0.25, -0.2) is 4.68 Å². The second-order valence-corrected chi connectivity index (χ2v) is 12.5. The fourth-order valence-electron chi connectivity index (χ4n) is 4.83. The summed E-state index contributed by atoms with van der Waals surface area (Å²) in [7, 11) is -5.01. The highest BCUT2D eigenvalue weighted by Crippen LogP contribution is 2.52. The summed E-state index contributed by atoms with van der Waals surface area (Å²) in [4.78, 5) is 28.4. The Bertz CT molecular complexity index is 1170. The van der Waals surface area contributed by atoms with Crippen molar-refractivity contribution in [3.8, 4) is 0 Å². The molecule has 0 spiro atoms. The highest BCUT2D eigenvalue weighted by atomic mass is 35.5. The molecule has 5 rings (SSSR count). The lowest BCUT2D eigenvalue weighted by molar-refractivity contribution is -0.130. The normalized spacial score (nSPS) is 28.3. The van der Waals surface area contributed by atoms with Crippen LogP contribution in [0.2, 0.25) is 5.28 Å². The average molecular weight is 578 g/mol. The van der Waals surface area contributed by atoms with Gasteiger partial charge in [-0.05, 0) is 43.2 Å². The second kappa shape index (κ2) is 11.2. The van der Waals surface area contributed by atoms with Crippen molar-refractivity contribution in [3.05, 3.63) is 11.5 Å². The number of nitrogens with zero attached hydrogens (tertiary/aromatic N) is 4. The highest BCUT2D eigenvalue weighted by molar-refractivity contribution is 7.53. The number of anilines is 1. The van der Waals surface area contributed by atoms with Crippen LogP contribution in [0.25, 0.3) is 11.0 Å². The van der Waals surface area contributed by atoms with E-state index in [-0.39, 0.29) is 17.0 Å². The van der Waals surface area contributed by atoms with Crippen molar-refractivity contribution in [1.82, 2.24) is 19.7 Å². The first kappa shape index (κ1) is 28.1. The van der Waals surface area contributed by atoms with Crippen LogP contribution in [0.15, 0.2) is 6.20 Å². The van der Waals surface area contributed by atoms with Crippen LogP contribution in [0.5, 0.6) is 0 Å². The molecule has 2 aliphatic carbocycles. The molecule has 3 fully saturated rings. The van der Waals surface area contributed by atoms with Crippen molar-refractivity contribution in [1.29, 1.82) is 0 Å². The Labute approximate surface area is 223 Å². The predicted octanol–water partition coefficient (Wildman–Crippen LogP) is 0.763. The zero-order valence-corrected chi connectivity index (χ0v) is 22.2. The van der Waals surface area contributed by atoms with E-state index in [4.69, 9.17) is 25.8 Å². The third kappa shape index (κ3) is 5.71. The van der Waals surface area contributed by atoms with Crippen molar-refractivity contribution in [3.63, 3.8) is 0 Å². The number of halogens is 1. The van der Waals surface area contributed by atoms with E-state index in [2.05, 4.69) is 20.4 Å². The van der Waals surface area contributed by atoms with Crippen molar-refractivity contribution in [2.75, 3.05) is 31.7 Å². The number of aliphatic hydroxyl groups is 3. The average Bonchev–Trinajstić information content (AvgIpc) is 3.24. The molecule has 1 unspecified atom stereocenters. The molecular weight excluding hydrogens is 545 g/mol. The van der Waals surface area contributed by atoms with Gasteiger partial charge in [0.15, 0.2) is 11.9 Å². The van der Waals surface area contributed by atoms with Gasteiger partial charge in [0.05, 0.1) is 31.4 Å². The van der Waals surface area contributed by atoms with Crippen LogP contribution >= 0.6 is 19.2 Å². The summed E-state index contributed by atoms with van der Waals surface area (Å²) in [6, 6.07) is 0.248. The second-order valence-electron chi connectivity index (χ2n) is 10.3. The number of ether oxygens (including phenoxy) is 3. The Morgan fingerprint density at radius 3 is 2.55 bits per heavy atom. The molecule has 0 bridgehead atoms. The number of nitrogens with one attached hydrogen (secondary N) is 1. The number of aromatic nitrogens is 4. The molecule has 14 nitrogen and oxygen atoms in total. The van der Waals surface area contributed by atoms with Gasteiger partial charge < -0.3 is 44.6 Å². The first-order chi connectivity index (χ1) is 18.1. The summed E-state index contributed by atoms with van der Waals surface area (Å²) >= 11 is 6.18. The number of rotatable bonds is 12. The smallest absolute Gasteiger partial charge is 0.361 e. The van der Waals surface area contributed by atoms with E-state index in [0.717, 1.165) is 38.5 Å². The van der Waals surface area contributed by atoms with E-state index in [0.29, 0.717) is 23.7 Å². The molecule has 3 aliphatic rings. The lowest BCUT2D eigenvalue weighted by atomic mass is 10.1. The van der Waals surface area contributed by atoms with Crippen molar-refractivity contribution < 1.29 is 43.9 Å². The van der Waals surface area contributed by atoms with Gasteiger partial charge in [0.2, 0.25) is 10.6 Å². The first-order valence-electron chi connectivity index (χ1n) is 12.7. The van der Waals surface area contributed by atoms with Crippen LogP contribution in [0.1, 0.15) is 44.8 Å². The van der Waals surface area contributed by atoms with Crippen LogP contribution in [0.4, 0.5) is 5.82 Å². The lowest BCUT2D eigenvalue weighted by Gasteiger charge is -2.33. The molecule has 3 heterocycles. The fourth-order valence-corrected chi connectivity index (χ4v) is 5.68. The van der Waals surface area contributed by atoms with E-state index >= 15 is 0 Å². The number of hydrogen-bond acceptors (Lipinski definition) is 11. The Morgan fingerprint density at radius 1 is 1.16 bits per heavy atom. The van der Waals surface area contributed by atoms with E-state index in [1.165, 1.54) is 10.9 Å². The summed E-state index contributed by atoms with van der Waals surface area (Å²) < 4.78 is 30.3. The molecule has 2 aromatic rings. The third-order valence-electron chi connectivity index (χ3n) is 7.37. The zero-order valence-electron chi connectivity index (χ0n) is 20.6. The minimum absolute atomic E-state index is 0.0340. The minimum atomic E-state index is -5.01. The molecule has 0 radical (unpaired) electrons. The van der Waals surface area contributed by atoms with Crippen molar-refractivity contribution >= 4 is 36.0 Å². The minimum Gasteiger partial charge on any atom is -0.393 e. The van der Waals surface area contributed by atoms with Gasteiger partial charge >= 0.3 is 7.60 Å². The van der Waals surface area contributed by atoms with Crippen LogP contribution in [0, 0.1) is 5.92 Å². The number of fused-ring (bicyclic) bond motifs is 1. The molecule has 38 heavy (non-hydrogen) atoms. The number of hydrogen-bond donors (Lipinski definition) is 6. The Kier molecular flexibility index (Phi) is 8.28. The van der Waals surface area contributed by atoms with Crippen LogP contribution in [-0.2, 0) is 18.8 Å². The Balaban J connectivity index is 1.32. The van der Waals surface area contributed by atoms with Gasteiger partial charge in [0.1, 0.15) is 24.1 Å². The van der Waals surface area contributed by atoms with Gasteiger partial charge in [-0.2, -0.15) is 15.1 Å². The topological polar surface area (TPSA) is 202 Å². The molecule has 16 heteroatoms.